The predicted octanol–water partition coefficient (Wildman–Crippen LogP) is 2.64. The molecular weight excluding hydrogens is 233 g/mol. The van der Waals surface area contributed by atoms with E-state index in [0.29, 0.717) is 22.9 Å². The number of benzene rings is 1. The summed E-state index contributed by atoms with van der Waals surface area (Å²) >= 11 is 11.8. The molecule has 15 heavy (non-hydrogen) atoms. The number of rotatable bonds is 4. The van der Waals surface area contributed by atoms with Crippen LogP contribution in [0.2, 0.25) is 10.0 Å². The van der Waals surface area contributed by atoms with Crippen molar-refractivity contribution in [1.29, 1.82) is 0 Å². The van der Waals surface area contributed by atoms with E-state index in [9.17, 15) is 5.11 Å². The van der Waals surface area contributed by atoms with Crippen molar-refractivity contribution in [3.05, 3.63) is 33.8 Å². The molecule has 1 aromatic carbocycles. The average Bonchev–Trinajstić information content (AvgIpc) is 2.22. The van der Waals surface area contributed by atoms with E-state index in [-0.39, 0.29) is 6.54 Å². The second kappa shape index (κ2) is 5.17. The highest BCUT2D eigenvalue weighted by atomic mass is 35.5. The predicted molar refractivity (Wildman–Crippen MR) is 64.5 cm³/mol. The molecule has 0 amide bonds. The minimum absolute atomic E-state index is 0.225. The Bertz CT molecular complexity index is 337. The first-order valence-corrected chi connectivity index (χ1v) is 5.63. The lowest BCUT2D eigenvalue weighted by Crippen LogP contribution is -2.39. The van der Waals surface area contributed by atoms with Crippen LogP contribution < -0.4 is 5.73 Å². The maximum absolute atomic E-state index is 10.1. The number of hydrogen-bond acceptors (Lipinski definition) is 2. The Kier molecular flexibility index (Phi) is 4.41. The quantitative estimate of drug-likeness (QED) is 0.860. The lowest BCUT2D eigenvalue weighted by Gasteiger charge is -2.25. The Balaban J connectivity index is 2.89. The van der Waals surface area contributed by atoms with Crippen molar-refractivity contribution in [2.75, 3.05) is 6.54 Å². The Hall–Kier alpha value is -0.280. The Labute approximate surface area is 100.0 Å². The van der Waals surface area contributed by atoms with Gasteiger partial charge in [-0.05, 0) is 24.1 Å². The van der Waals surface area contributed by atoms with Crippen LogP contribution in [-0.4, -0.2) is 17.3 Å². The van der Waals surface area contributed by atoms with Crippen LogP contribution in [-0.2, 0) is 6.42 Å². The molecule has 0 spiro atoms. The van der Waals surface area contributed by atoms with Gasteiger partial charge in [-0.2, -0.15) is 0 Å². The van der Waals surface area contributed by atoms with Gasteiger partial charge in [0, 0.05) is 23.0 Å². The summed E-state index contributed by atoms with van der Waals surface area (Å²) in [5.74, 6) is 0. The van der Waals surface area contributed by atoms with Crippen LogP contribution in [0.15, 0.2) is 18.2 Å². The van der Waals surface area contributed by atoms with Crippen LogP contribution >= 0.6 is 23.2 Å². The van der Waals surface area contributed by atoms with Crippen LogP contribution in [0.4, 0.5) is 0 Å². The fourth-order valence-corrected chi connectivity index (χ4v) is 1.84. The Morgan fingerprint density at radius 2 is 2.07 bits per heavy atom. The monoisotopic (exact) mass is 247 g/mol. The first kappa shape index (κ1) is 12.8. The number of halogens is 2. The molecule has 1 unspecified atom stereocenters. The first-order chi connectivity index (χ1) is 7.00. The normalized spacial score (nSPS) is 15.0. The Morgan fingerprint density at radius 3 is 2.53 bits per heavy atom. The van der Waals surface area contributed by atoms with Crippen LogP contribution in [0.1, 0.15) is 18.9 Å². The average molecular weight is 248 g/mol. The lowest BCUT2D eigenvalue weighted by atomic mass is 9.92. The molecule has 0 fully saturated rings. The van der Waals surface area contributed by atoms with Crippen molar-refractivity contribution >= 4 is 23.2 Å². The van der Waals surface area contributed by atoms with Gasteiger partial charge in [0.05, 0.1) is 5.60 Å². The fraction of sp³-hybridized carbons (Fsp3) is 0.455. The molecule has 0 radical (unpaired) electrons. The van der Waals surface area contributed by atoms with Gasteiger partial charge >= 0.3 is 0 Å². The molecule has 0 heterocycles. The smallest absolute Gasteiger partial charge is 0.0807 e. The standard InChI is InChI=1S/C11H15Cl2NO/c1-2-11(15,7-14)6-8-3-4-9(12)5-10(8)13/h3-5,15H,2,6-7,14H2,1H3. The summed E-state index contributed by atoms with van der Waals surface area (Å²) in [6.07, 6.45) is 1.05. The largest absolute Gasteiger partial charge is 0.388 e. The third kappa shape index (κ3) is 3.35. The van der Waals surface area contributed by atoms with Crippen molar-refractivity contribution in [3.8, 4) is 0 Å². The highest BCUT2D eigenvalue weighted by Crippen LogP contribution is 2.25. The van der Waals surface area contributed by atoms with Crippen LogP contribution in [0.5, 0.6) is 0 Å². The molecule has 3 N–H and O–H groups in total. The maximum atomic E-state index is 10.1. The molecule has 0 saturated heterocycles. The first-order valence-electron chi connectivity index (χ1n) is 4.87. The summed E-state index contributed by atoms with van der Waals surface area (Å²) in [6, 6.07) is 5.25. The van der Waals surface area contributed by atoms with Gasteiger partial charge in [0.2, 0.25) is 0 Å². The minimum Gasteiger partial charge on any atom is -0.388 e. The second-order valence-corrected chi connectivity index (χ2v) is 4.54. The van der Waals surface area contributed by atoms with Gasteiger partial charge in [-0.3, -0.25) is 0 Å². The van der Waals surface area contributed by atoms with E-state index in [1.165, 1.54) is 0 Å². The second-order valence-electron chi connectivity index (χ2n) is 3.69. The van der Waals surface area contributed by atoms with Crippen molar-refractivity contribution in [3.63, 3.8) is 0 Å². The summed E-state index contributed by atoms with van der Waals surface area (Å²) in [4.78, 5) is 0. The van der Waals surface area contributed by atoms with E-state index >= 15 is 0 Å². The van der Waals surface area contributed by atoms with Gasteiger partial charge < -0.3 is 10.8 Å². The number of hydrogen-bond donors (Lipinski definition) is 2. The van der Waals surface area contributed by atoms with Crippen LogP contribution in [0.3, 0.4) is 0 Å². The summed E-state index contributed by atoms with van der Waals surface area (Å²) in [6.45, 7) is 2.12. The fourth-order valence-electron chi connectivity index (χ4n) is 1.36. The summed E-state index contributed by atoms with van der Waals surface area (Å²) in [5, 5.41) is 11.2. The zero-order valence-corrected chi connectivity index (χ0v) is 10.1. The van der Waals surface area contributed by atoms with Crippen molar-refractivity contribution < 1.29 is 5.11 Å². The third-order valence-electron chi connectivity index (χ3n) is 2.57. The highest BCUT2D eigenvalue weighted by molar-refractivity contribution is 6.35. The third-order valence-corrected chi connectivity index (χ3v) is 3.16. The van der Waals surface area contributed by atoms with E-state index in [2.05, 4.69) is 0 Å². The van der Waals surface area contributed by atoms with Gasteiger partial charge in [0.15, 0.2) is 0 Å². The molecule has 0 aromatic heterocycles. The van der Waals surface area contributed by atoms with Crippen molar-refractivity contribution in [2.24, 2.45) is 5.73 Å². The Morgan fingerprint density at radius 1 is 1.40 bits per heavy atom. The molecule has 84 valence electrons. The maximum Gasteiger partial charge on any atom is 0.0807 e. The van der Waals surface area contributed by atoms with Gasteiger partial charge in [-0.1, -0.05) is 36.2 Å². The van der Waals surface area contributed by atoms with E-state index in [1.807, 2.05) is 13.0 Å². The zero-order valence-electron chi connectivity index (χ0n) is 8.63. The topological polar surface area (TPSA) is 46.2 Å². The molecule has 0 aliphatic carbocycles. The minimum atomic E-state index is -0.878. The van der Waals surface area contributed by atoms with Gasteiger partial charge in [-0.25, -0.2) is 0 Å². The van der Waals surface area contributed by atoms with Crippen LogP contribution in [0.25, 0.3) is 0 Å². The molecule has 0 aliphatic heterocycles. The molecule has 2 nitrogen and oxygen atoms in total. The van der Waals surface area contributed by atoms with Crippen molar-refractivity contribution in [1.82, 2.24) is 0 Å². The van der Waals surface area contributed by atoms with Crippen LogP contribution in [0, 0.1) is 0 Å². The SMILES string of the molecule is CCC(O)(CN)Cc1ccc(Cl)cc1Cl. The molecular formula is C11H15Cl2NO. The molecule has 0 saturated carbocycles. The summed E-state index contributed by atoms with van der Waals surface area (Å²) in [5.41, 5.74) is 5.52. The molecule has 1 rings (SSSR count). The van der Waals surface area contributed by atoms with Crippen molar-refractivity contribution in [2.45, 2.75) is 25.4 Å². The summed E-state index contributed by atoms with van der Waals surface area (Å²) < 4.78 is 0. The molecule has 0 bridgehead atoms. The lowest BCUT2D eigenvalue weighted by molar-refractivity contribution is 0.0456. The van der Waals surface area contributed by atoms with Gasteiger partial charge in [0.25, 0.3) is 0 Å². The van der Waals surface area contributed by atoms with E-state index in [4.69, 9.17) is 28.9 Å². The molecule has 1 atom stereocenters. The van der Waals surface area contributed by atoms with E-state index in [1.54, 1.807) is 12.1 Å². The number of aliphatic hydroxyl groups is 1. The van der Waals surface area contributed by atoms with E-state index in [0.717, 1.165) is 5.56 Å². The van der Waals surface area contributed by atoms with Gasteiger partial charge in [0.1, 0.15) is 0 Å². The summed E-state index contributed by atoms with van der Waals surface area (Å²) in [7, 11) is 0. The zero-order chi connectivity index (χ0) is 11.5. The molecule has 1 aromatic rings. The van der Waals surface area contributed by atoms with Gasteiger partial charge in [-0.15, -0.1) is 0 Å². The van der Waals surface area contributed by atoms with E-state index < -0.39 is 5.60 Å². The molecule has 0 aliphatic rings. The number of nitrogens with two attached hydrogens (primary N) is 1. The highest BCUT2D eigenvalue weighted by Gasteiger charge is 2.24. The molecule has 4 heteroatoms.